The van der Waals surface area contributed by atoms with Crippen molar-refractivity contribution in [3.05, 3.63) is 54.5 Å². The lowest BCUT2D eigenvalue weighted by Crippen LogP contribution is -2.52. The second-order valence-electron chi connectivity index (χ2n) is 6.11. The van der Waals surface area contributed by atoms with Crippen LogP contribution in [0.2, 0.25) is 0 Å². The van der Waals surface area contributed by atoms with E-state index in [1.54, 1.807) is 17.2 Å². The Labute approximate surface area is 153 Å². The van der Waals surface area contributed by atoms with Gasteiger partial charge < -0.3 is 9.32 Å². The van der Waals surface area contributed by atoms with E-state index in [1.807, 2.05) is 41.3 Å². The lowest BCUT2D eigenvalue weighted by molar-refractivity contribution is -0.120. The van der Waals surface area contributed by atoms with Crippen LogP contribution < -0.4 is 10.0 Å². The van der Waals surface area contributed by atoms with Gasteiger partial charge in [0.05, 0.1) is 19.4 Å². The molecule has 0 bridgehead atoms. The van der Waals surface area contributed by atoms with Gasteiger partial charge in [-0.2, -0.15) is 12.7 Å². The molecule has 1 saturated heterocycles. The highest BCUT2D eigenvalue weighted by atomic mass is 32.2. The molecule has 0 atom stereocenters. The number of anilines is 1. The fourth-order valence-corrected chi connectivity index (χ4v) is 3.58. The third-order valence-corrected chi connectivity index (χ3v) is 5.40. The van der Waals surface area contributed by atoms with Crippen LogP contribution in [0, 0.1) is 0 Å². The number of piperazine rings is 1. The Hall–Kier alpha value is -2.20. The van der Waals surface area contributed by atoms with Crippen LogP contribution in [-0.2, 0) is 21.5 Å². The molecule has 0 saturated carbocycles. The van der Waals surface area contributed by atoms with Gasteiger partial charge in [0.1, 0.15) is 5.76 Å². The number of nitrogens with zero attached hydrogens (tertiary/aromatic N) is 3. The molecule has 0 aliphatic carbocycles. The molecule has 0 radical (unpaired) electrons. The van der Waals surface area contributed by atoms with Crippen molar-refractivity contribution in [2.45, 2.75) is 6.54 Å². The van der Waals surface area contributed by atoms with E-state index in [2.05, 4.69) is 0 Å². The van der Waals surface area contributed by atoms with Gasteiger partial charge in [-0.25, -0.2) is 5.14 Å². The zero-order chi connectivity index (χ0) is 18.6. The second-order valence-corrected chi connectivity index (χ2v) is 7.66. The number of rotatable bonds is 6. The van der Waals surface area contributed by atoms with Crippen molar-refractivity contribution in [2.75, 3.05) is 37.6 Å². The van der Waals surface area contributed by atoms with E-state index < -0.39 is 10.2 Å². The smallest absolute Gasteiger partial charge is 0.276 e. The number of furan rings is 1. The molecule has 140 valence electrons. The largest absolute Gasteiger partial charge is 0.467 e. The quantitative estimate of drug-likeness (QED) is 0.795. The Balaban J connectivity index is 1.66. The summed E-state index contributed by atoms with van der Waals surface area (Å²) in [6, 6.07) is 13.0. The van der Waals surface area contributed by atoms with Crippen molar-refractivity contribution in [3.63, 3.8) is 0 Å². The highest BCUT2D eigenvalue weighted by Gasteiger charge is 2.26. The van der Waals surface area contributed by atoms with E-state index in [-0.39, 0.29) is 25.5 Å². The number of hydrogen-bond donors (Lipinski definition) is 1. The van der Waals surface area contributed by atoms with Crippen molar-refractivity contribution in [2.24, 2.45) is 5.14 Å². The third kappa shape index (κ3) is 4.70. The number of para-hydroxylation sites is 1. The van der Waals surface area contributed by atoms with Gasteiger partial charge in [-0.3, -0.25) is 9.69 Å². The van der Waals surface area contributed by atoms with Gasteiger partial charge >= 0.3 is 0 Å². The van der Waals surface area contributed by atoms with Crippen LogP contribution >= 0.6 is 0 Å². The number of hydrogen-bond acceptors (Lipinski definition) is 5. The fourth-order valence-electron chi connectivity index (χ4n) is 2.91. The average Bonchev–Trinajstić information content (AvgIpc) is 3.13. The lowest BCUT2D eigenvalue weighted by atomic mass is 10.2. The van der Waals surface area contributed by atoms with Crippen LogP contribution in [-0.4, -0.2) is 56.3 Å². The highest BCUT2D eigenvalue weighted by Crippen LogP contribution is 2.18. The molecule has 1 aliphatic rings. The van der Waals surface area contributed by atoms with Gasteiger partial charge in [-0.05, 0) is 24.3 Å². The summed E-state index contributed by atoms with van der Waals surface area (Å²) in [5, 5.41) is 5.15. The molecule has 2 N–H and O–H groups in total. The minimum atomic E-state index is -3.67. The normalized spacial score (nSPS) is 16.5. The molecular formula is C17H22N4O4S. The first-order valence-corrected chi connectivity index (χ1v) is 9.82. The van der Waals surface area contributed by atoms with Gasteiger partial charge in [0.15, 0.2) is 0 Å². The zero-order valence-electron chi connectivity index (χ0n) is 14.3. The van der Waals surface area contributed by atoms with Gasteiger partial charge in [-0.15, -0.1) is 0 Å². The summed E-state index contributed by atoms with van der Waals surface area (Å²) in [5.74, 6) is 0.623. The molecule has 2 aromatic rings. The summed E-state index contributed by atoms with van der Waals surface area (Å²) >= 11 is 0. The summed E-state index contributed by atoms with van der Waals surface area (Å²) in [5.41, 5.74) is 0.789. The van der Waals surface area contributed by atoms with E-state index in [0.29, 0.717) is 25.4 Å². The van der Waals surface area contributed by atoms with Gasteiger partial charge in [0.25, 0.3) is 10.2 Å². The number of carbonyl (C=O) groups is 1. The molecule has 3 rings (SSSR count). The summed E-state index contributed by atoms with van der Waals surface area (Å²) in [4.78, 5) is 16.5. The number of carbonyl (C=O) groups excluding carboxylic acids is 1. The Morgan fingerprint density at radius 2 is 1.77 bits per heavy atom. The average molecular weight is 378 g/mol. The monoisotopic (exact) mass is 378 g/mol. The Kier molecular flexibility index (Phi) is 5.72. The maximum atomic E-state index is 12.9. The predicted octanol–water partition coefficient (Wildman–Crippen LogP) is 0.634. The predicted molar refractivity (Wildman–Crippen MR) is 97.5 cm³/mol. The molecule has 1 aromatic heterocycles. The van der Waals surface area contributed by atoms with Crippen LogP contribution in [0.3, 0.4) is 0 Å². The van der Waals surface area contributed by atoms with E-state index in [1.165, 1.54) is 4.31 Å². The number of nitrogens with two attached hydrogens (primary N) is 1. The second kappa shape index (κ2) is 8.00. The summed E-state index contributed by atoms with van der Waals surface area (Å²) < 4.78 is 29.4. The van der Waals surface area contributed by atoms with Crippen LogP contribution in [0.1, 0.15) is 5.76 Å². The Bertz CT molecular complexity index is 816. The standard InChI is InChI=1S/C17H22N4O4S/c18-26(23,24)20-10-8-19(9-11-20)14-17(22)21(13-16-7-4-12-25-16)15-5-2-1-3-6-15/h1-7,12H,8-11,13-14H2,(H2,18,23,24). The number of benzene rings is 1. The molecule has 1 amide bonds. The molecule has 2 heterocycles. The van der Waals surface area contributed by atoms with Crippen molar-refractivity contribution in [1.29, 1.82) is 0 Å². The summed E-state index contributed by atoms with van der Waals surface area (Å²) in [6.07, 6.45) is 1.58. The summed E-state index contributed by atoms with van der Waals surface area (Å²) in [6.45, 7) is 2.05. The van der Waals surface area contributed by atoms with Crippen LogP contribution in [0.15, 0.2) is 53.1 Å². The Morgan fingerprint density at radius 3 is 2.35 bits per heavy atom. The molecule has 9 heteroatoms. The molecule has 8 nitrogen and oxygen atoms in total. The fraction of sp³-hybridized carbons (Fsp3) is 0.353. The molecule has 26 heavy (non-hydrogen) atoms. The van der Waals surface area contributed by atoms with Crippen molar-refractivity contribution >= 4 is 21.8 Å². The third-order valence-electron chi connectivity index (χ3n) is 4.31. The maximum Gasteiger partial charge on any atom is 0.276 e. The molecule has 1 aliphatic heterocycles. The molecule has 1 fully saturated rings. The number of amides is 1. The van der Waals surface area contributed by atoms with Crippen LogP contribution in [0.5, 0.6) is 0 Å². The van der Waals surface area contributed by atoms with Crippen molar-refractivity contribution < 1.29 is 17.6 Å². The van der Waals surface area contributed by atoms with Crippen molar-refractivity contribution in [3.8, 4) is 0 Å². The van der Waals surface area contributed by atoms with Gasteiger partial charge in [-0.1, -0.05) is 18.2 Å². The molecule has 0 spiro atoms. The first kappa shape index (κ1) is 18.6. The topological polar surface area (TPSA) is 100 Å². The van der Waals surface area contributed by atoms with E-state index in [4.69, 9.17) is 9.56 Å². The van der Waals surface area contributed by atoms with E-state index >= 15 is 0 Å². The van der Waals surface area contributed by atoms with E-state index in [0.717, 1.165) is 5.69 Å². The minimum absolute atomic E-state index is 0.0725. The minimum Gasteiger partial charge on any atom is -0.467 e. The molecule has 1 aromatic carbocycles. The van der Waals surface area contributed by atoms with Crippen LogP contribution in [0.4, 0.5) is 5.69 Å². The lowest BCUT2D eigenvalue weighted by Gasteiger charge is -2.33. The first-order chi connectivity index (χ1) is 12.4. The summed E-state index contributed by atoms with van der Waals surface area (Å²) in [7, 11) is -3.67. The van der Waals surface area contributed by atoms with Crippen molar-refractivity contribution in [1.82, 2.24) is 9.21 Å². The van der Waals surface area contributed by atoms with Gasteiger partial charge in [0.2, 0.25) is 5.91 Å². The van der Waals surface area contributed by atoms with Crippen LogP contribution in [0.25, 0.3) is 0 Å². The van der Waals surface area contributed by atoms with E-state index in [9.17, 15) is 13.2 Å². The Morgan fingerprint density at radius 1 is 1.08 bits per heavy atom. The van der Waals surface area contributed by atoms with Gasteiger partial charge in [0, 0.05) is 31.9 Å². The molecular weight excluding hydrogens is 356 g/mol. The highest BCUT2D eigenvalue weighted by molar-refractivity contribution is 7.86. The SMILES string of the molecule is NS(=O)(=O)N1CCN(CC(=O)N(Cc2ccco2)c2ccccc2)CC1. The zero-order valence-corrected chi connectivity index (χ0v) is 15.1. The molecule has 0 unspecified atom stereocenters. The first-order valence-electron chi connectivity index (χ1n) is 8.31. The maximum absolute atomic E-state index is 12.9.